The van der Waals surface area contributed by atoms with Crippen LogP contribution in [0, 0.1) is 10.1 Å². The van der Waals surface area contributed by atoms with Crippen molar-refractivity contribution in [2.45, 2.75) is 13.0 Å². The molecule has 0 saturated heterocycles. The standard InChI is InChI=1S/C16H13N3O4/c20-16(9-14-13-3-1-2-4-15(13)23-18-14)17-10-11-5-7-12(8-6-11)19(21)22/h1-8H,9-10H2,(H,17,20). The van der Waals surface area contributed by atoms with Crippen molar-refractivity contribution in [2.24, 2.45) is 0 Å². The molecular weight excluding hydrogens is 298 g/mol. The van der Waals surface area contributed by atoms with Crippen LogP contribution in [0.5, 0.6) is 0 Å². The van der Waals surface area contributed by atoms with E-state index in [0.717, 1.165) is 10.9 Å². The first-order chi connectivity index (χ1) is 11.1. The number of hydrogen-bond acceptors (Lipinski definition) is 5. The van der Waals surface area contributed by atoms with Crippen LogP contribution in [0.15, 0.2) is 53.1 Å². The molecule has 3 rings (SSSR count). The molecule has 0 fully saturated rings. The fourth-order valence-corrected chi connectivity index (χ4v) is 2.22. The predicted molar refractivity (Wildman–Crippen MR) is 82.7 cm³/mol. The Balaban J connectivity index is 1.60. The largest absolute Gasteiger partial charge is 0.356 e. The Labute approximate surface area is 131 Å². The maximum atomic E-state index is 12.0. The molecule has 1 amide bonds. The molecule has 7 heteroatoms. The molecule has 2 aromatic carbocycles. The number of fused-ring (bicyclic) bond motifs is 1. The maximum absolute atomic E-state index is 12.0. The van der Waals surface area contributed by atoms with Gasteiger partial charge in [0.2, 0.25) is 5.91 Å². The fraction of sp³-hybridized carbons (Fsp3) is 0.125. The van der Waals surface area contributed by atoms with Crippen LogP contribution in [0.2, 0.25) is 0 Å². The molecule has 0 saturated carbocycles. The van der Waals surface area contributed by atoms with Gasteiger partial charge in [-0.3, -0.25) is 14.9 Å². The van der Waals surface area contributed by atoms with Crippen molar-refractivity contribution in [3.05, 3.63) is 69.9 Å². The predicted octanol–water partition coefficient (Wildman–Crippen LogP) is 2.59. The molecule has 0 radical (unpaired) electrons. The van der Waals surface area contributed by atoms with Gasteiger partial charge in [0, 0.05) is 24.1 Å². The maximum Gasteiger partial charge on any atom is 0.269 e. The molecule has 0 aliphatic rings. The van der Waals surface area contributed by atoms with Crippen molar-refractivity contribution >= 4 is 22.6 Å². The van der Waals surface area contributed by atoms with E-state index in [9.17, 15) is 14.9 Å². The van der Waals surface area contributed by atoms with Crippen molar-refractivity contribution in [3.8, 4) is 0 Å². The molecule has 0 unspecified atom stereocenters. The van der Waals surface area contributed by atoms with E-state index in [-0.39, 0.29) is 18.0 Å². The zero-order chi connectivity index (χ0) is 16.2. The van der Waals surface area contributed by atoms with E-state index < -0.39 is 4.92 Å². The highest BCUT2D eigenvalue weighted by molar-refractivity contribution is 5.86. The Morgan fingerprint density at radius 3 is 2.65 bits per heavy atom. The average molecular weight is 311 g/mol. The topological polar surface area (TPSA) is 98.3 Å². The zero-order valence-corrected chi connectivity index (χ0v) is 12.1. The number of rotatable bonds is 5. The monoisotopic (exact) mass is 311 g/mol. The van der Waals surface area contributed by atoms with Crippen LogP contribution in [-0.2, 0) is 17.8 Å². The number of nitro groups is 1. The van der Waals surface area contributed by atoms with Crippen molar-refractivity contribution in [2.75, 3.05) is 0 Å². The summed E-state index contributed by atoms with van der Waals surface area (Å²) in [5, 5.41) is 18.1. The number of nitro benzene ring substituents is 1. The molecule has 23 heavy (non-hydrogen) atoms. The number of nitrogens with one attached hydrogen (secondary N) is 1. The van der Waals surface area contributed by atoms with E-state index in [0.29, 0.717) is 17.8 Å². The minimum absolute atomic E-state index is 0.0224. The molecule has 1 aromatic heterocycles. The minimum atomic E-state index is -0.460. The first-order valence-corrected chi connectivity index (χ1v) is 6.97. The second-order valence-corrected chi connectivity index (χ2v) is 5.00. The Bertz CT molecular complexity index is 855. The number of benzene rings is 2. The number of carbonyl (C=O) groups excluding carboxylic acids is 1. The molecule has 116 valence electrons. The van der Waals surface area contributed by atoms with Gasteiger partial charge in [-0.15, -0.1) is 0 Å². The normalized spacial score (nSPS) is 10.6. The second kappa shape index (κ2) is 6.27. The third kappa shape index (κ3) is 3.34. The van der Waals surface area contributed by atoms with Crippen molar-refractivity contribution in [1.29, 1.82) is 0 Å². The summed E-state index contributed by atoms with van der Waals surface area (Å²) < 4.78 is 5.15. The van der Waals surface area contributed by atoms with Gasteiger partial charge < -0.3 is 9.84 Å². The van der Waals surface area contributed by atoms with E-state index in [2.05, 4.69) is 10.5 Å². The summed E-state index contributed by atoms with van der Waals surface area (Å²) in [6.45, 7) is 0.298. The van der Waals surface area contributed by atoms with E-state index in [1.54, 1.807) is 18.2 Å². The van der Waals surface area contributed by atoms with Crippen LogP contribution in [0.4, 0.5) is 5.69 Å². The van der Waals surface area contributed by atoms with E-state index in [1.165, 1.54) is 12.1 Å². The molecule has 7 nitrogen and oxygen atoms in total. The van der Waals surface area contributed by atoms with Crippen molar-refractivity contribution in [3.63, 3.8) is 0 Å². The summed E-state index contributed by atoms with van der Waals surface area (Å²) in [5.41, 5.74) is 2.04. The fourth-order valence-electron chi connectivity index (χ4n) is 2.22. The molecule has 0 atom stereocenters. The van der Waals surface area contributed by atoms with Gasteiger partial charge in [-0.25, -0.2) is 0 Å². The summed E-state index contributed by atoms with van der Waals surface area (Å²) in [7, 11) is 0. The van der Waals surface area contributed by atoms with Crippen LogP contribution in [0.25, 0.3) is 11.0 Å². The van der Waals surface area contributed by atoms with Gasteiger partial charge in [0.1, 0.15) is 5.69 Å². The molecule has 0 bridgehead atoms. The number of hydrogen-bond donors (Lipinski definition) is 1. The van der Waals surface area contributed by atoms with Crippen LogP contribution in [-0.4, -0.2) is 16.0 Å². The zero-order valence-electron chi connectivity index (χ0n) is 12.1. The lowest BCUT2D eigenvalue weighted by atomic mass is 10.1. The van der Waals surface area contributed by atoms with E-state index in [1.807, 2.05) is 18.2 Å². The Hall–Kier alpha value is -3.22. The highest BCUT2D eigenvalue weighted by Crippen LogP contribution is 2.18. The lowest BCUT2D eigenvalue weighted by molar-refractivity contribution is -0.384. The highest BCUT2D eigenvalue weighted by Gasteiger charge is 2.12. The number of nitrogens with zero attached hydrogens (tertiary/aromatic N) is 2. The van der Waals surface area contributed by atoms with Crippen LogP contribution >= 0.6 is 0 Å². The summed E-state index contributed by atoms with van der Waals surface area (Å²) in [6, 6.07) is 13.4. The van der Waals surface area contributed by atoms with E-state index in [4.69, 9.17) is 4.52 Å². The van der Waals surface area contributed by atoms with Gasteiger partial charge >= 0.3 is 0 Å². The molecule has 1 N–H and O–H groups in total. The molecule has 0 aliphatic heterocycles. The first kappa shape index (κ1) is 14.7. The molecule has 3 aromatic rings. The second-order valence-electron chi connectivity index (χ2n) is 5.00. The summed E-state index contributed by atoms with van der Waals surface area (Å²) in [6.07, 6.45) is 0.115. The highest BCUT2D eigenvalue weighted by atomic mass is 16.6. The Kier molecular flexibility index (Phi) is 4.01. The van der Waals surface area contributed by atoms with Gasteiger partial charge in [-0.05, 0) is 17.7 Å². The smallest absolute Gasteiger partial charge is 0.269 e. The van der Waals surface area contributed by atoms with E-state index >= 15 is 0 Å². The van der Waals surface area contributed by atoms with Gasteiger partial charge in [0.05, 0.1) is 11.3 Å². The number of carbonyl (C=O) groups is 1. The Morgan fingerprint density at radius 1 is 1.17 bits per heavy atom. The lowest BCUT2D eigenvalue weighted by Gasteiger charge is -2.04. The summed E-state index contributed by atoms with van der Waals surface area (Å²) >= 11 is 0. The van der Waals surface area contributed by atoms with Gasteiger partial charge in [0.15, 0.2) is 5.58 Å². The molecule has 0 spiro atoms. The summed E-state index contributed by atoms with van der Waals surface area (Å²) in [5.74, 6) is -0.192. The molecule has 0 aliphatic carbocycles. The van der Waals surface area contributed by atoms with Crippen LogP contribution in [0.1, 0.15) is 11.3 Å². The van der Waals surface area contributed by atoms with Gasteiger partial charge in [-0.1, -0.05) is 29.4 Å². The number of aromatic nitrogens is 1. The van der Waals surface area contributed by atoms with Crippen molar-refractivity contribution < 1.29 is 14.2 Å². The number of non-ortho nitro benzene ring substituents is 1. The van der Waals surface area contributed by atoms with Crippen LogP contribution < -0.4 is 5.32 Å². The third-order valence-corrected chi connectivity index (χ3v) is 3.42. The Morgan fingerprint density at radius 2 is 1.91 bits per heavy atom. The first-order valence-electron chi connectivity index (χ1n) is 6.97. The van der Waals surface area contributed by atoms with Gasteiger partial charge in [-0.2, -0.15) is 0 Å². The molecule has 1 heterocycles. The van der Waals surface area contributed by atoms with Gasteiger partial charge in [0.25, 0.3) is 5.69 Å². The van der Waals surface area contributed by atoms with Crippen molar-refractivity contribution in [1.82, 2.24) is 10.5 Å². The molecular formula is C16H13N3O4. The number of para-hydroxylation sites is 1. The third-order valence-electron chi connectivity index (χ3n) is 3.42. The summed E-state index contributed by atoms with van der Waals surface area (Å²) in [4.78, 5) is 22.1. The minimum Gasteiger partial charge on any atom is -0.356 e. The quantitative estimate of drug-likeness (QED) is 0.577. The lowest BCUT2D eigenvalue weighted by Crippen LogP contribution is -2.24. The SMILES string of the molecule is O=C(Cc1noc2ccccc12)NCc1ccc([N+](=O)[O-])cc1. The number of amides is 1. The van der Waals surface area contributed by atoms with Crippen LogP contribution in [0.3, 0.4) is 0 Å². The average Bonchev–Trinajstić information content (AvgIpc) is 2.96.